The molecule has 0 aliphatic carbocycles. The smallest absolute Gasteiger partial charge is 0.323 e. The van der Waals surface area contributed by atoms with Crippen LogP contribution in [-0.2, 0) is 16.1 Å². The molecule has 1 N–H and O–H groups in total. The van der Waals surface area contributed by atoms with Gasteiger partial charge in [0.05, 0.1) is 0 Å². The van der Waals surface area contributed by atoms with Crippen molar-refractivity contribution in [2.24, 2.45) is 0 Å². The fourth-order valence-corrected chi connectivity index (χ4v) is 1.38. The molecule has 0 aliphatic rings. The Kier molecular flexibility index (Phi) is 4.31. The van der Waals surface area contributed by atoms with Crippen LogP contribution >= 0.6 is 11.6 Å². The second-order valence-electron chi connectivity index (χ2n) is 3.40. The van der Waals surface area contributed by atoms with Crippen molar-refractivity contribution in [1.29, 1.82) is 0 Å². The number of halogens is 1. The molecular formula is C11H12ClNO3. The minimum absolute atomic E-state index is 0.266. The van der Waals surface area contributed by atoms with Gasteiger partial charge < -0.3 is 10.0 Å². The number of benzene rings is 1. The number of carbonyl (C=O) groups excluding carboxylic acids is 1. The minimum atomic E-state index is -1.02. The van der Waals surface area contributed by atoms with Crippen LogP contribution in [0.2, 0.25) is 5.02 Å². The number of nitrogens with zero attached hydrogens (tertiary/aromatic N) is 1. The predicted octanol–water partition coefficient (Wildman–Crippen LogP) is 1.77. The van der Waals surface area contributed by atoms with E-state index in [2.05, 4.69) is 0 Å². The van der Waals surface area contributed by atoms with Crippen LogP contribution in [0.15, 0.2) is 24.3 Å². The number of carboxylic acid groups (broad SMARTS) is 1. The monoisotopic (exact) mass is 241 g/mol. The maximum atomic E-state index is 11.2. The van der Waals surface area contributed by atoms with Crippen LogP contribution in [0.1, 0.15) is 12.5 Å². The number of aliphatic carboxylic acids is 1. The highest BCUT2D eigenvalue weighted by Crippen LogP contribution is 2.11. The molecule has 0 heterocycles. The summed E-state index contributed by atoms with van der Waals surface area (Å²) in [6.45, 7) is 1.33. The number of carbonyl (C=O) groups is 2. The van der Waals surface area contributed by atoms with Crippen molar-refractivity contribution in [3.05, 3.63) is 34.9 Å². The zero-order valence-electron chi connectivity index (χ0n) is 8.81. The third kappa shape index (κ3) is 3.90. The van der Waals surface area contributed by atoms with E-state index in [1.807, 2.05) is 0 Å². The topological polar surface area (TPSA) is 57.6 Å². The van der Waals surface area contributed by atoms with Gasteiger partial charge in [0.2, 0.25) is 5.91 Å². The first-order chi connectivity index (χ1) is 7.49. The summed E-state index contributed by atoms with van der Waals surface area (Å²) in [6, 6.07) is 6.94. The summed E-state index contributed by atoms with van der Waals surface area (Å²) in [6.07, 6.45) is 0. The predicted molar refractivity (Wildman–Crippen MR) is 60.2 cm³/mol. The zero-order chi connectivity index (χ0) is 12.1. The molecule has 4 nitrogen and oxygen atoms in total. The Hall–Kier alpha value is -1.55. The summed E-state index contributed by atoms with van der Waals surface area (Å²) in [5.41, 5.74) is 0.848. The summed E-state index contributed by atoms with van der Waals surface area (Å²) in [5.74, 6) is -1.29. The lowest BCUT2D eigenvalue weighted by Gasteiger charge is -2.18. The normalized spacial score (nSPS) is 9.88. The molecule has 0 radical (unpaired) electrons. The fraction of sp³-hybridized carbons (Fsp3) is 0.273. The fourth-order valence-electron chi connectivity index (χ4n) is 1.25. The lowest BCUT2D eigenvalue weighted by Crippen LogP contribution is -2.33. The Morgan fingerprint density at radius 1 is 1.31 bits per heavy atom. The Labute approximate surface area is 98.4 Å². The van der Waals surface area contributed by atoms with Gasteiger partial charge in [-0.25, -0.2) is 0 Å². The molecule has 0 unspecified atom stereocenters. The minimum Gasteiger partial charge on any atom is -0.480 e. The van der Waals surface area contributed by atoms with Gasteiger partial charge in [0.25, 0.3) is 0 Å². The molecule has 0 saturated heterocycles. The van der Waals surface area contributed by atoms with Crippen LogP contribution < -0.4 is 0 Å². The van der Waals surface area contributed by atoms with Crippen molar-refractivity contribution in [1.82, 2.24) is 4.90 Å². The number of rotatable bonds is 4. The molecule has 86 valence electrons. The van der Waals surface area contributed by atoms with Gasteiger partial charge in [-0.1, -0.05) is 23.7 Å². The molecular weight excluding hydrogens is 230 g/mol. The van der Waals surface area contributed by atoms with Crippen LogP contribution in [0.3, 0.4) is 0 Å². The van der Waals surface area contributed by atoms with E-state index in [0.717, 1.165) is 5.56 Å². The molecule has 16 heavy (non-hydrogen) atoms. The zero-order valence-corrected chi connectivity index (χ0v) is 9.57. The third-order valence-electron chi connectivity index (χ3n) is 2.06. The van der Waals surface area contributed by atoms with E-state index in [4.69, 9.17) is 16.7 Å². The van der Waals surface area contributed by atoms with Crippen LogP contribution in [0, 0.1) is 0 Å². The van der Waals surface area contributed by atoms with Crippen LogP contribution in [0.5, 0.6) is 0 Å². The number of amides is 1. The SMILES string of the molecule is CC(=O)N(CC(=O)O)Cc1ccc(Cl)cc1. The molecule has 0 bridgehead atoms. The number of carboxylic acids is 1. The maximum absolute atomic E-state index is 11.2. The molecule has 1 aromatic carbocycles. The molecule has 0 spiro atoms. The average molecular weight is 242 g/mol. The van der Waals surface area contributed by atoms with Gasteiger partial charge in [-0.3, -0.25) is 9.59 Å². The third-order valence-corrected chi connectivity index (χ3v) is 2.31. The summed E-state index contributed by atoms with van der Waals surface area (Å²) in [5, 5.41) is 9.25. The highest BCUT2D eigenvalue weighted by Gasteiger charge is 2.12. The lowest BCUT2D eigenvalue weighted by atomic mass is 10.2. The molecule has 1 aromatic rings. The Morgan fingerprint density at radius 2 is 1.88 bits per heavy atom. The quantitative estimate of drug-likeness (QED) is 0.874. The summed E-state index contributed by atoms with van der Waals surface area (Å²) >= 11 is 5.72. The number of hydrogen-bond donors (Lipinski definition) is 1. The Balaban J connectivity index is 2.71. The van der Waals surface area contributed by atoms with E-state index in [1.165, 1.54) is 11.8 Å². The molecule has 0 saturated carbocycles. The number of hydrogen-bond acceptors (Lipinski definition) is 2. The van der Waals surface area contributed by atoms with Gasteiger partial charge in [-0.05, 0) is 17.7 Å². The highest BCUT2D eigenvalue weighted by molar-refractivity contribution is 6.30. The molecule has 0 fully saturated rings. The highest BCUT2D eigenvalue weighted by atomic mass is 35.5. The largest absolute Gasteiger partial charge is 0.480 e. The molecule has 1 rings (SSSR count). The molecule has 5 heteroatoms. The summed E-state index contributed by atoms with van der Waals surface area (Å²) in [7, 11) is 0. The van der Waals surface area contributed by atoms with Crippen molar-refractivity contribution >= 4 is 23.5 Å². The van der Waals surface area contributed by atoms with Crippen molar-refractivity contribution in [2.75, 3.05) is 6.54 Å². The summed E-state index contributed by atoms with van der Waals surface area (Å²) in [4.78, 5) is 23.0. The first-order valence-corrected chi connectivity index (χ1v) is 5.08. The van der Waals surface area contributed by atoms with Crippen LogP contribution in [0.4, 0.5) is 0 Å². The molecule has 0 atom stereocenters. The van der Waals surface area contributed by atoms with Crippen molar-refractivity contribution in [3.63, 3.8) is 0 Å². The second-order valence-corrected chi connectivity index (χ2v) is 3.83. The standard InChI is InChI=1S/C11H12ClNO3/c1-8(14)13(7-11(15)16)6-9-2-4-10(12)5-3-9/h2-5H,6-7H2,1H3,(H,15,16). The Morgan fingerprint density at radius 3 is 2.31 bits per heavy atom. The maximum Gasteiger partial charge on any atom is 0.323 e. The van der Waals surface area contributed by atoms with Crippen molar-refractivity contribution in [2.45, 2.75) is 13.5 Å². The van der Waals surface area contributed by atoms with Crippen molar-refractivity contribution < 1.29 is 14.7 Å². The van der Waals surface area contributed by atoms with Gasteiger partial charge in [0.1, 0.15) is 6.54 Å². The summed E-state index contributed by atoms with van der Waals surface area (Å²) < 4.78 is 0. The first kappa shape index (κ1) is 12.5. The van der Waals surface area contributed by atoms with Gasteiger partial charge in [0, 0.05) is 18.5 Å². The molecule has 0 aliphatic heterocycles. The van der Waals surface area contributed by atoms with E-state index in [1.54, 1.807) is 24.3 Å². The molecule has 0 aromatic heterocycles. The van der Waals surface area contributed by atoms with Gasteiger partial charge >= 0.3 is 5.97 Å². The van der Waals surface area contributed by atoms with Crippen LogP contribution in [-0.4, -0.2) is 28.4 Å². The van der Waals surface area contributed by atoms with Gasteiger partial charge in [-0.15, -0.1) is 0 Å². The van der Waals surface area contributed by atoms with E-state index in [-0.39, 0.29) is 19.0 Å². The lowest BCUT2D eigenvalue weighted by molar-refractivity contribution is -0.144. The van der Waals surface area contributed by atoms with E-state index >= 15 is 0 Å². The Bertz CT molecular complexity index is 389. The molecule has 1 amide bonds. The van der Waals surface area contributed by atoms with Gasteiger partial charge in [0.15, 0.2) is 0 Å². The van der Waals surface area contributed by atoms with E-state index in [0.29, 0.717) is 5.02 Å². The van der Waals surface area contributed by atoms with Crippen molar-refractivity contribution in [3.8, 4) is 0 Å². The van der Waals surface area contributed by atoms with Crippen LogP contribution in [0.25, 0.3) is 0 Å². The first-order valence-electron chi connectivity index (χ1n) is 4.71. The van der Waals surface area contributed by atoms with E-state index < -0.39 is 5.97 Å². The van der Waals surface area contributed by atoms with Gasteiger partial charge in [-0.2, -0.15) is 0 Å². The van der Waals surface area contributed by atoms with E-state index in [9.17, 15) is 9.59 Å². The second kappa shape index (κ2) is 5.51. The average Bonchev–Trinajstić information content (AvgIpc) is 2.19.